The Morgan fingerprint density at radius 2 is 1.64 bits per heavy atom. The number of hydrogen-bond donors (Lipinski definition) is 1. The van der Waals surface area contributed by atoms with Gasteiger partial charge < -0.3 is 14.3 Å². The van der Waals surface area contributed by atoms with Crippen molar-refractivity contribution in [2.24, 2.45) is 0 Å². The Balaban J connectivity index is 2.14. The van der Waals surface area contributed by atoms with Crippen LogP contribution in [0.4, 0.5) is 0 Å². The van der Waals surface area contributed by atoms with E-state index in [-0.39, 0.29) is 11.2 Å². The van der Waals surface area contributed by atoms with Crippen molar-refractivity contribution < 1.29 is 14.3 Å². The molecule has 0 aliphatic carbocycles. The second kappa shape index (κ2) is 5.77. The molecule has 3 aromatic rings. The fraction of sp³-hybridized carbons (Fsp3) is 0.0556. The quantitative estimate of drug-likeness (QED) is 0.800. The van der Waals surface area contributed by atoms with Gasteiger partial charge in [-0.2, -0.15) is 0 Å². The average Bonchev–Trinajstić information content (AvgIpc) is 2.55. The number of ether oxygens (including phenoxy) is 1. The van der Waals surface area contributed by atoms with E-state index in [0.29, 0.717) is 28.4 Å². The molecule has 0 atom stereocenters. The third-order valence-corrected chi connectivity index (χ3v) is 3.29. The van der Waals surface area contributed by atoms with E-state index in [0.717, 1.165) is 0 Å². The highest BCUT2D eigenvalue weighted by atomic mass is 16.5. The monoisotopic (exact) mass is 294 g/mol. The van der Waals surface area contributed by atoms with E-state index in [1.54, 1.807) is 31.4 Å². The van der Waals surface area contributed by atoms with E-state index < -0.39 is 0 Å². The minimum atomic E-state index is -0.157. The molecule has 1 N–H and O–H groups in total. The third-order valence-electron chi connectivity index (χ3n) is 3.29. The van der Waals surface area contributed by atoms with E-state index >= 15 is 0 Å². The molecule has 0 amide bonds. The minimum Gasteiger partial charge on any atom is -0.508 e. The van der Waals surface area contributed by atoms with Crippen molar-refractivity contribution in [1.82, 2.24) is 0 Å². The van der Waals surface area contributed by atoms with Gasteiger partial charge in [-0.1, -0.05) is 12.1 Å². The highest BCUT2D eigenvalue weighted by Crippen LogP contribution is 2.31. The number of phenols is 1. The smallest absolute Gasteiger partial charge is 0.186 e. The molecule has 0 unspecified atom stereocenters. The summed E-state index contributed by atoms with van der Waals surface area (Å²) in [6.07, 6.45) is 0. The zero-order chi connectivity index (χ0) is 15.5. The molecule has 4 nitrogen and oxygen atoms in total. The Morgan fingerprint density at radius 1 is 0.955 bits per heavy atom. The predicted octanol–water partition coefficient (Wildman–Crippen LogP) is 3.69. The van der Waals surface area contributed by atoms with E-state index in [1.807, 2.05) is 24.3 Å². The van der Waals surface area contributed by atoms with Gasteiger partial charge in [0.1, 0.15) is 23.0 Å². The normalized spacial score (nSPS) is 10.4. The molecule has 1 aromatic heterocycles. The molecule has 22 heavy (non-hydrogen) atoms. The fourth-order valence-corrected chi connectivity index (χ4v) is 2.23. The number of rotatable bonds is 3. The maximum Gasteiger partial charge on any atom is 0.186 e. The van der Waals surface area contributed by atoms with Crippen LogP contribution in [0.5, 0.6) is 11.5 Å². The molecule has 0 saturated carbocycles. The van der Waals surface area contributed by atoms with Gasteiger partial charge in [0.2, 0.25) is 0 Å². The van der Waals surface area contributed by atoms with Crippen molar-refractivity contribution in [3.63, 3.8) is 0 Å². The van der Waals surface area contributed by atoms with Crippen LogP contribution in [0.15, 0.2) is 69.9 Å². The summed E-state index contributed by atoms with van der Waals surface area (Å²) in [5.41, 5.74) is 1.27. The molecule has 4 heteroatoms. The summed E-state index contributed by atoms with van der Waals surface area (Å²) < 4.78 is 11.2. The largest absolute Gasteiger partial charge is 0.508 e. The summed E-state index contributed by atoms with van der Waals surface area (Å²) in [5, 5.41) is 9.35. The van der Waals surface area contributed by atoms with E-state index in [9.17, 15) is 9.90 Å². The summed E-state index contributed by atoms with van der Waals surface area (Å²) in [6.45, 7) is 0. The topological polar surface area (TPSA) is 59.7 Å². The van der Waals surface area contributed by atoms with Crippen LogP contribution in [0.1, 0.15) is 0 Å². The Hall–Kier alpha value is -3.01. The van der Waals surface area contributed by atoms with E-state index in [2.05, 4.69) is 0 Å². The second-order valence-corrected chi connectivity index (χ2v) is 4.77. The summed E-state index contributed by atoms with van der Waals surface area (Å²) in [6, 6.07) is 16.7. The van der Waals surface area contributed by atoms with Gasteiger partial charge in [0.25, 0.3) is 0 Å². The molecule has 110 valence electrons. The van der Waals surface area contributed by atoms with Crippen LogP contribution >= 0.6 is 0 Å². The van der Waals surface area contributed by atoms with Crippen LogP contribution in [0.3, 0.4) is 0 Å². The van der Waals surface area contributed by atoms with Gasteiger partial charge in [-0.25, -0.2) is 0 Å². The van der Waals surface area contributed by atoms with Crippen molar-refractivity contribution in [3.05, 3.63) is 70.9 Å². The molecule has 0 fully saturated rings. The van der Waals surface area contributed by atoms with Crippen molar-refractivity contribution in [2.75, 3.05) is 7.11 Å². The molecule has 0 saturated heterocycles. The first kappa shape index (κ1) is 13.9. The molecule has 3 rings (SSSR count). The zero-order valence-electron chi connectivity index (χ0n) is 11.9. The standard InChI is InChI=1S/C18H14O4/c1-21-16-5-3-2-4-15(16)18-11-14(20)10-17(22-18)12-6-8-13(19)9-7-12/h2-11,19H,1H3. The molecular weight excluding hydrogens is 280 g/mol. The van der Waals surface area contributed by atoms with Crippen molar-refractivity contribution >= 4 is 0 Å². The Morgan fingerprint density at radius 3 is 2.36 bits per heavy atom. The van der Waals surface area contributed by atoms with Crippen molar-refractivity contribution in [2.45, 2.75) is 0 Å². The summed E-state index contributed by atoms with van der Waals surface area (Å²) in [7, 11) is 1.57. The summed E-state index contributed by atoms with van der Waals surface area (Å²) in [5.74, 6) is 1.67. The lowest BCUT2D eigenvalue weighted by molar-refractivity contribution is 0.414. The molecule has 0 aliphatic rings. The lowest BCUT2D eigenvalue weighted by atomic mass is 10.1. The molecule has 1 heterocycles. The predicted molar refractivity (Wildman–Crippen MR) is 84.1 cm³/mol. The van der Waals surface area contributed by atoms with Gasteiger partial charge in [-0.3, -0.25) is 4.79 Å². The van der Waals surface area contributed by atoms with Crippen LogP contribution < -0.4 is 10.2 Å². The molecular formula is C18H14O4. The maximum atomic E-state index is 12.0. The van der Waals surface area contributed by atoms with Crippen LogP contribution in [-0.4, -0.2) is 12.2 Å². The van der Waals surface area contributed by atoms with Crippen molar-refractivity contribution in [3.8, 4) is 34.1 Å². The summed E-state index contributed by atoms with van der Waals surface area (Å²) >= 11 is 0. The van der Waals surface area contributed by atoms with E-state index in [4.69, 9.17) is 9.15 Å². The Bertz CT molecular complexity index is 847. The number of methoxy groups -OCH3 is 1. The molecule has 0 spiro atoms. The third kappa shape index (κ3) is 2.72. The minimum absolute atomic E-state index is 0.157. The first-order valence-electron chi connectivity index (χ1n) is 6.75. The first-order valence-corrected chi connectivity index (χ1v) is 6.75. The van der Waals surface area contributed by atoms with Crippen LogP contribution in [-0.2, 0) is 0 Å². The highest BCUT2D eigenvalue weighted by Gasteiger charge is 2.11. The number of para-hydroxylation sites is 1. The van der Waals surface area contributed by atoms with Crippen LogP contribution in [0.2, 0.25) is 0 Å². The molecule has 2 aromatic carbocycles. The van der Waals surface area contributed by atoms with Gasteiger partial charge in [0, 0.05) is 17.7 Å². The zero-order valence-corrected chi connectivity index (χ0v) is 11.9. The molecule has 0 radical (unpaired) electrons. The van der Waals surface area contributed by atoms with E-state index in [1.165, 1.54) is 12.1 Å². The second-order valence-electron chi connectivity index (χ2n) is 4.77. The van der Waals surface area contributed by atoms with Crippen molar-refractivity contribution in [1.29, 1.82) is 0 Å². The van der Waals surface area contributed by atoms with Gasteiger partial charge in [-0.05, 0) is 36.4 Å². The van der Waals surface area contributed by atoms with Crippen LogP contribution in [0, 0.1) is 0 Å². The first-order chi connectivity index (χ1) is 10.7. The van der Waals surface area contributed by atoms with Gasteiger partial charge in [0.15, 0.2) is 5.43 Å². The fourth-order valence-electron chi connectivity index (χ4n) is 2.23. The number of hydrogen-bond acceptors (Lipinski definition) is 4. The number of phenolic OH excluding ortho intramolecular Hbond substituents is 1. The number of aromatic hydroxyl groups is 1. The molecule has 0 aliphatic heterocycles. The van der Waals surface area contributed by atoms with Crippen LogP contribution in [0.25, 0.3) is 22.6 Å². The number of benzene rings is 2. The summed E-state index contributed by atoms with van der Waals surface area (Å²) in [4.78, 5) is 12.0. The molecule has 0 bridgehead atoms. The maximum absolute atomic E-state index is 12.0. The van der Waals surface area contributed by atoms with Gasteiger partial charge in [0.05, 0.1) is 12.7 Å². The van der Waals surface area contributed by atoms with Gasteiger partial charge >= 0.3 is 0 Å². The highest BCUT2D eigenvalue weighted by molar-refractivity contribution is 5.68. The average molecular weight is 294 g/mol. The lowest BCUT2D eigenvalue weighted by Gasteiger charge is -2.09. The Kier molecular flexibility index (Phi) is 3.66. The lowest BCUT2D eigenvalue weighted by Crippen LogP contribution is -1.99. The van der Waals surface area contributed by atoms with Gasteiger partial charge in [-0.15, -0.1) is 0 Å². The Labute approximate surface area is 127 Å². The SMILES string of the molecule is COc1ccccc1-c1cc(=O)cc(-c2ccc(O)cc2)o1.